The smallest absolute Gasteiger partial charge is 0.252 e. The van der Waals surface area contributed by atoms with E-state index in [4.69, 9.17) is 14.5 Å². The average molecular weight is 390 g/mol. The number of nitrogens with one attached hydrogen (secondary N) is 1. The molecule has 5 heteroatoms. The van der Waals surface area contributed by atoms with Crippen molar-refractivity contribution in [2.45, 2.75) is 32.3 Å². The average Bonchev–Trinajstić information content (AvgIpc) is 3.29. The summed E-state index contributed by atoms with van der Waals surface area (Å²) >= 11 is 0. The summed E-state index contributed by atoms with van der Waals surface area (Å²) in [5, 5.41) is 3.88. The minimum atomic E-state index is -0.0984. The van der Waals surface area contributed by atoms with Crippen LogP contribution in [0.25, 0.3) is 22.2 Å². The summed E-state index contributed by atoms with van der Waals surface area (Å²) in [7, 11) is 0. The lowest BCUT2D eigenvalue weighted by Gasteiger charge is -2.13. The van der Waals surface area contributed by atoms with Crippen molar-refractivity contribution in [2.75, 3.05) is 19.8 Å². The Labute approximate surface area is 171 Å². The zero-order chi connectivity index (χ0) is 20.1. The van der Waals surface area contributed by atoms with E-state index in [1.54, 1.807) is 0 Å². The molecule has 0 bridgehead atoms. The Morgan fingerprint density at radius 3 is 2.93 bits per heavy atom. The van der Waals surface area contributed by atoms with Gasteiger partial charge in [0.05, 0.1) is 29.5 Å². The number of ether oxygens (including phenoxy) is 2. The molecule has 0 radical (unpaired) electrons. The van der Waals surface area contributed by atoms with Crippen LogP contribution in [0.4, 0.5) is 0 Å². The van der Waals surface area contributed by atoms with E-state index < -0.39 is 0 Å². The lowest BCUT2D eigenvalue weighted by Crippen LogP contribution is -2.31. The number of benzene rings is 2. The van der Waals surface area contributed by atoms with Crippen LogP contribution in [0.15, 0.2) is 54.6 Å². The standard InChI is InChI=1S/C24H26N2O3/c1-2-12-28-18-8-5-7-17(14-18)23-15-21(20-10-3-4-11-22(20)26-23)24(27)25-16-19-9-6-13-29-19/h3-5,7-8,10-11,14-15,19H,2,6,9,12-13,16H2,1H3,(H,25,27). The van der Waals surface area contributed by atoms with Gasteiger partial charge in [-0.1, -0.05) is 37.3 Å². The number of para-hydroxylation sites is 1. The van der Waals surface area contributed by atoms with Gasteiger partial charge in [-0.15, -0.1) is 0 Å². The molecule has 3 aromatic rings. The minimum Gasteiger partial charge on any atom is -0.494 e. The molecule has 4 rings (SSSR count). The first-order chi connectivity index (χ1) is 14.2. The van der Waals surface area contributed by atoms with Crippen molar-refractivity contribution in [2.24, 2.45) is 0 Å². The number of hydrogen-bond donors (Lipinski definition) is 1. The lowest BCUT2D eigenvalue weighted by molar-refractivity contribution is 0.0859. The molecular weight excluding hydrogens is 364 g/mol. The van der Waals surface area contributed by atoms with E-state index in [9.17, 15) is 4.79 Å². The summed E-state index contributed by atoms with van der Waals surface area (Å²) in [4.78, 5) is 17.8. The SMILES string of the molecule is CCCOc1cccc(-c2cc(C(=O)NCC3CCCO3)c3ccccc3n2)c1. The number of amides is 1. The van der Waals surface area contributed by atoms with Gasteiger partial charge in [-0.05, 0) is 43.5 Å². The normalized spacial score (nSPS) is 16.1. The zero-order valence-corrected chi connectivity index (χ0v) is 16.7. The van der Waals surface area contributed by atoms with E-state index in [1.165, 1.54) is 0 Å². The topological polar surface area (TPSA) is 60.5 Å². The van der Waals surface area contributed by atoms with Crippen molar-refractivity contribution in [3.8, 4) is 17.0 Å². The van der Waals surface area contributed by atoms with Crippen LogP contribution in [0.5, 0.6) is 5.75 Å². The van der Waals surface area contributed by atoms with Crippen LogP contribution in [-0.4, -0.2) is 36.8 Å². The number of nitrogens with zero attached hydrogens (tertiary/aromatic N) is 1. The van der Waals surface area contributed by atoms with E-state index >= 15 is 0 Å². The van der Waals surface area contributed by atoms with Gasteiger partial charge in [0.1, 0.15) is 5.75 Å². The third kappa shape index (κ3) is 4.57. The lowest BCUT2D eigenvalue weighted by atomic mass is 10.0. The highest BCUT2D eigenvalue weighted by atomic mass is 16.5. The zero-order valence-electron chi connectivity index (χ0n) is 16.7. The van der Waals surface area contributed by atoms with Crippen molar-refractivity contribution < 1.29 is 14.3 Å². The highest BCUT2D eigenvalue weighted by Gasteiger charge is 2.19. The van der Waals surface area contributed by atoms with Crippen molar-refractivity contribution in [1.29, 1.82) is 0 Å². The Hall–Kier alpha value is -2.92. The van der Waals surface area contributed by atoms with Crippen molar-refractivity contribution in [1.82, 2.24) is 10.3 Å². The fraction of sp³-hybridized carbons (Fsp3) is 0.333. The molecule has 1 saturated heterocycles. The largest absolute Gasteiger partial charge is 0.494 e. The molecule has 5 nitrogen and oxygen atoms in total. The molecule has 1 aliphatic rings. The fourth-order valence-corrected chi connectivity index (χ4v) is 3.58. The molecule has 1 aliphatic heterocycles. The summed E-state index contributed by atoms with van der Waals surface area (Å²) in [5.74, 6) is 0.711. The maximum Gasteiger partial charge on any atom is 0.252 e. The van der Waals surface area contributed by atoms with Crippen LogP contribution in [0.1, 0.15) is 36.5 Å². The predicted octanol–water partition coefficient (Wildman–Crippen LogP) is 4.60. The van der Waals surface area contributed by atoms with Crippen LogP contribution in [0.2, 0.25) is 0 Å². The number of rotatable bonds is 7. The summed E-state index contributed by atoms with van der Waals surface area (Å²) < 4.78 is 11.4. The highest BCUT2D eigenvalue weighted by molar-refractivity contribution is 6.07. The molecule has 1 atom stereocenters. The Bertz CT molecular complexity index is 996. The summed E-state index contributed by atoms with van der Waals surface area (Å²) in [5.41, 5.74) is 3.11. The molecule has 0 aliphatic carbocycles. The molecule has 1 fully saturated rings. The number of hydrogen-bond acceptors (Lipinski definition) is 4. The van der Waals surface area contributed by atoms with Gasteiger partial charge in [0.15, 0.2) is 0 Å². The van der Waals surface area contributed by atoms with Crippen LogP contribution in [-0.2, 0) is 4.74 Å². The molecule has 0 saturated carbocycles. The predicted molar refractivity (Wildman–Crippen MR) is 114 cm³/mol. The van der Waals surface area contributed by atoms with E-state index in [0.717, 1.165) is 53.8 Å². The van der Waals surface area contributed by atoms with Crippen molar-refractivity contribution in [3.05, 3.63) is 60.2 Å². The van der Waals surface area contributed by atoms with Gasteiger partial charge >= 0.3 is 0 Å². The van der Waals surface area contributed by atoms with Crippen LogP contribution >= 0.6 is 0 Å². The van der Waals surface area contributed by atoms with Crippen LogP contribution in [0, 0.1) is 0 Å². The number of aromatic nitrogens is 1. The van der Waals surface area contributed by atoms with Gasteiger partial charge < -0.3 is 14.8 Å². The van der Waals surface area contributed by atoms with E-state index in [1.807, 2.05) is 54.6 Å². The second-order valence-electron chi connectivity index (χ2n) is 7.29. The van der Waals surface area contributed by atoms with Crippen molar-refractivity contribution in [3.63, 3.8) is 0 Å². The highest BCUT2D eigenvalue weighted by Crippen LogP contribution is 2.27. The third-order valence-corrected chi connectivity index (χ3v) is 5.08. The molecule has 1 N–H and O–H groups in total. The van der Waals surface area contributed by atoms with Gasteiger partial charge in [0.25, 0.3) is 5.91 Å². The maximum atomic E-state index is 13.0. The summed E-state index contributed by atoms with van der Waals surface area (Å²) in [6.07, 6.45) is 3.11. The molecule has 1 unspecified atom stereocenters. The van der Waals surface area contributed by atoms with Gasteiger partial charge in [-0.2, -0.15) is 0 Å². The number of pyridine rings is 1. The van der Waals surface area contributed by atoms with Gasteiger partial charge in [0, 0.05) is 24.1 Å². The summed E-state index contributed by atoms with van der Waals surface area (Å²) in [6, 6.07) is 17.5. The quantitative estimate of drug-likeness (QED) is 0.640. The van der Waals surface area contributed by atoms with E-state index in [0.29, 0.717) is 18.7 Å². The second kappa shape index (κ2) is 9.05. The van der Waals surface area contributed by atoms with Crippen LogP contribution in [0.3, 0.4) is 0 Å². The molecule has 1 amide bonds. The molecule has 2 heterocycles. The van der Waals surface area contributed by atoms with Gasteiger partial charge in [-0.25, -0.2) is 4.98 Å². The maximum absolute atomic E-state index is 13.0. The minimum absolute atomic E-state index is 0.0984. The monoisotopic (exact) mass is 390 g/mol. The first-order valence-electron chi connectivity index (χ1n) is 10.3. The van der Waals surface area contributed by atoms with E-state index in [2.05, 4.69) is 12.2 Å². The Balaban J connectivity index is 1.66. The molecular formula is C24H26N2O3. The Morgan fingerprint density at radius 1 is 1.21 bits per heavy atom. The molecule has 0 spiro atoms. The first-order valence-corrected chi connectivity index (χ1v) is 10.3. The fourth-order valence-electron chi connectivity index (χ4n) is 3.58. The number of carbonyl (C=O) groups is 1. The molecule has 29 heavy (non-hydrogen) atoms. The van der Waals surface area contributed by atoms with Gasteiger partial charge in [-0.3, -0.25) is 4.79 Å². The van der Waals surface area contributed by atoms with E-state index in [-0.39, 0.29) is 12.0 Å². The van der Waals surface area contributed by atoms with Crippen LogP contribution < -0.4 is 10.1 Å². The molecule has 150 valence electrons. The molecule has 1 aromatic heterocycles. The molecule has 2 aromatic carbocycles. The van der Waals surface area contributed by atoms with Crippen molar-refractivity contribution >= 4 is 16.8 Å². The number of fused-ring (bicyclic) bond motifs is 1. The summed E-state index contributed by atoms with van der Waals surface area (Å²) in [6.45, 7) is 4.06. The Morgan fingerprint density at radius 2 is 2.10 bits per heavy atom. The van der Waals surface area contributed by atoms with Gasteiger partial charge in [0.2, 0.25) is 0 Å². The number of carbonyl (C=O) groups excluding carboxylic acids is 1. The third-order valence-electron chi connectivity index (χ3n) is 5.08. The Kier molecular flexibility index (Phi) is 6.06. The second-order valence-corrected chi connectivity index (χ2v) is 7.29. The first kappa shape index (κ1) is 19.4.